The number of ether oxygens (including phenoxy) is 1. The molecule has 1 aromatic heterocycles. The van der Waals surface area contributed by atoms with Gasteiger partial charge in [0.2, 0.25) is 0 Å². The van der Waals surface area contributed by atoms with Gasteiger partial charge in [-0.1, -0.05) is 0 Å². The van der Waals surface area contributed by atoms with Gasteiger partial charge in [-0.25, -0.2) is 0 Å². The maximum atomic E-state index is 5.66. The van der Waals surface area contributed by atoms with E-state index in [-0.39, 0.29) is 6.04 Å². The van der Waals surface area contributed by atoms with E-state index in [1.165, 1.54) is 0 Å². The van der Waals surface area contributed by atoms with E-state index >= 15 is 0 Å². The van der Waals surface area contributed by atoms with Gasteiger partial charge in [-0.05, 0) is 6.07 Å². The SMILES string of the molecule is COC[C@H](N)c1ccoc1. The average molecular weight is 141 g/mol. The zero-order chi connectivity index (χ0) is 7.40. The highest BCUT2D eigenvalue weighted by Gasteiger charge is 2.04. The molecular weight excluding hydrogens is 130 g/mol. The van der Waals surface area contributed by atoms with Gasteiger partial charge < -0.3 is 14.9 Å². The molecule has 0 saturated carbocycles. The molecule has 56 valence electrons. The van der Waals surface area contributed by atoms with Crippen LogP contribution in [-0.4, -0.2) is 13.7 Å². The minimum atomic E-state index is -0.0660. The smallest absolute Gasteiger partial charge is 0.0951 e. The molecule has 0 aliphatic carbocycles. The van der Waals surface area contributed by atoms with Crippen molar-refractivity contribution in [3.63, 3.8) is 0 Å². The summed E-state index contributed by atoms with van der Waals surface area (Å²) in [5.74, 6) is 0. The number of hydrogen-bond donors (Lipinski definition) is 1. The summed E-state index contributed by atoms with van der Waals surface area (Å²) in [6.07, 6.45) is 3.23. The van der Waals surface area contributed by atoms with Gasteiger partial charge in [-0.2, -0.15) is 0 Å². The van der Waals surface area contributed by atoms with Crippen LogP contribution >= 0.6 is 0 Å². The molecule has 1 rings (SSSR count). The number of nitrogens with two attached hydrogens (primary N) is 1. The van der Waals surface area contributed by atoms with Crippen LogP contribution in [0.3, 0.4) is 0 Å². The first kappa shape index (κ1) is 7.31. The third-order valence-corrected chi connectivity index (χ3v) is 1.32. The Morgan fingerprint density at radius 3 is 3.10 bits per heavy atom. The second kappa shape index (κ2) is 3.39. The minimum Gasteiger partial charge on any atom is -0.472 e. The van der Waals surface area contributed by atoms with Crippen molar-refractivity contribution in [1.29, 1.82) is 0 Å². The quantitative estimate of drug-likeness (QED) is 0.681. The Morgan fingerprint density at radius 1 is 1.80 bits per heavy atom. The lowest BCUT2D eigenvalue weighted by Crippen LogP contribution is -2.14. The molecule has 1 atom stereocenters. The highest BCUT2D eigenvalue weighted by atomic mass is 16.5. The molecule has 0 amide bonds. The maximum absolute atomic E-state index is 5.66. The molecule has 3 heteroatoms. The van der Waals surface area contributed by atoms with Crippen molar-refractivity contribution in [2.75, 3.05) is 13.7 Å². The molecule has 0 aliphatic heterocycles. The summed E-state index contributed by atoms with van der Waals surface area (Å²) in [7, 11) is 1.62. The number of hydrogen-bond acceptors (Lipinski definition) is 3. The van der Waals surface area contributed by atoms with Crippen LogP contribution < -0.4 is 5.73 Å². The molecule has 3 nitrogen and oxygen atoms in total. The fourth-order valence-electron chi connectivity index (χ4n) is 0.762. The summed E-state index contributed by atoms with van der Waals surface area (Å²) >= 11 is 0. The molecule has 1 heterocycles. The van der Waals surface area contributed by atoms with Crippen LogP contribution in [-0.2, 0) is 4.74 Å². The van der Waals surface area contributed by atoms with Gasteiger partial charge in [0.05, 0.1) is 25.2 Å². The topological polar surface area (TPSA) is 48.4 Å². The predicted octanol–water partition coefficient (Wildman–Crippen LogP) is 0.926. The Hall–Kier alpha value is -0.800. The fraction of sp³-hybridized carbons (Fsp3) is 0.429. The van der Waals surface area contributed by atoms with E-state index in [0.717, 1.165) is 5.56 Å². The highest BCUT2D eigenvalue weighted by molar-refractivity contribution is 5.10. The Bertz CT molecular complexity index is 172. The Morgan fingerprint density at radius 2 is 2.60 bits per heavy atom. The lowest BCUT2D eigenvalue weighted by molar-refractivity contribution is 0.180. The molecule has 2 N–H and O–H groups in total. The van der Waals surface area contributed by atoms with Crippen molar-refractivity contribution in [1.82, 2.24) is 0 Å². The molecule has 0 spiro atoms. The molecule has 0 aromatic carbocycles. The van der Waals surface area contributed by atoms with Crippen LogP contribution in [0, 0.1) is 0 Å². The molecule has 0 fully saturated rings. The predicted molar refractivity (Wildman–Crippen MR) is 37.5 cm³/mol. The van der Waals surface area contributed by atoms with Crippen LogP contribution in [0.1, 0.15) is 11.6 Å². The van der Waals surface area contributed by atoms with E-state index in [9.17, 15) is 0 Å². The summed E-state index contributed by atoms with van der Waals surface area (Å²) in [4.78, 5) is 0. The van der Waals surface area contributed by atoms with E-state index < -0.39 is 0 Å². The van der Waals surface area contributed by atoms with Crippen molar-refractivity contribution in [2.24, 2.45) is 5.73 Å². The summed E-state index contributed by atoms with van der Waals surface area (Å²) in [6.45, 7) is 0.527. The van der Waals surface area contributed by atoms with Crippen molar-refractivity contribution in [3.05, 3.63) is 24.2 Å². The number of rotatable bonds is 3. The van der Waals surface area contributed by atoms with Crippen molar-refractivity contribution < 1.29 is 9.15 Å². The summed E-state index contributed by atoms with van der Waals surface area (Å²) in [6, 6.07) is 1.77. The standard InChI is InChI=1S/C7H11NO2/c1-9-5-7(8)6-2-3-10-4-6/h2-4,7H,5,8H2,1H3/t7-/m0/s1. The zero-order valence-electron chi connectivity index (χ0n) is 5.91. The van der Waals surface area contributed by atoms with Crippen LogP contribution in [0.4, 0.5) is 0 Å². The van der Waals surface area contributed by atoms with E-state index in [0.29, 0.717) is 6.61 Å². The zero-order valence-corrected chi connectivity index (χ0v) is 5.91. The van der Waals surface area contributed by atoms with E-state index in [4.69, 9.17) is 14.9 Å². The largest absolute Gasteiger partial charge is 0.472 e. The van der Waals surface area contributed by atoms with Gasteiger partial charge in [0.15, 0.2) is 0 Å². The number of furan rings is 1. The van der Waals surface area contributed by atoms with Crippen LogP contribution in [0.25, 0.3) is 0 Å². The van der Waals surface area contributed by atoms with Gasteiger partial charge in [0.1, 0.15) is 0 Å². The Balaban J connectivity index is 2.50. The monoisotopic (exact) mass is 141 g/mol. The molecule has 0 radical (unpaired) electrons. The Kier molecular flexibility index (Phi) is 2.48. The van der Waals surface area contributed by atoms with Crippen LogP contribution in [0.15, 0.2) is 23.0 Å². The van der Waals surface area contributed by atoms with Gasteiger partial charge in [0, 0.05) is 12.7 Å². The maximum Gasteiger partial charge on any atom is 0.0951 e. The van der Waals surface area contributed by atoms with Gasteiger partial charge in [-0.15, -0.1) is 0 Å². The molecule has 0 aliphatic rings. The Labute approximate surface area is 59.8 Å². The lowest BCUT2D eigenvalue weighted by Gasteiger charge is -2.05. The van der Waals surface area contributed by atoms with Crippen LogP contribution in [0.5, 0.6) is 0 Å². The first-order valence-electron chi connectivity index (χ1n) is 3.11. The van der Waals surface area contributed by atoms with E-state index in [1.807, 2.05) is 6.07 Å². The van der Waals surface area contributed by atoms with E-state index in [1.54, 1.807) is 19.6 Å². The third-order valence-electron chi connectivity index (χ3n) is 1.32. The first-order chi connectivity index (χ1) is 4.84. The molecule has 0 bridgehead atoms. The average Bonchev–Trinajstić information content (AvgIpc) is 2.38. The minimum absolute atomic E-state index is 0.0660. The lowest BCUT2D eigenvalue weighted by atomic mass is 10.2. The second-order valence-corrected chi connectivity index (χ2v) is 2.12. The fourth-order valence-corrected chi connectivity index (χ4v) is 0.762. The highest BCUT2D eigenvalue weighted by Crippen LogP contribution is 2.09. The molecule has 0 unspecified atom stereocenters. The second-order valence-electron chi connectivity index (χ2n) is 2.12. The van der Waals surface area contributed by atoms with Gasteiger partial charge >= 0.3 is 0 Å². The molecule has 0 saturated heterocycles. The normalized spacial score (nSPS) is 13.4. The summed E-state index contributed by atoms with van der Waals surface area (Å²) in [5, 5.41) is 0. The van der Waals surface area contributed by atoms with Crippen molar-refractivity contribution >= 4 is 0 Å². The first-order valence-corrected chi connectivity index (χ1v) is 3.11. The number of methoxy groups -OCH3 is 1. The van der Waals surface area contributed by atoms with Gasteiger partial charge in [0.25, 0.3) is 0 Å². The van der Waals surface area contributed by atoms with Gasteiger partial charge in [-0.3, -0.25) is 0 Å². The molecule has 10 heavy (non-hydrogen) atoms. The van der Waals surface area contributed by atoms with Crippen LogP contribution in [0.2, 0.25) is 0 Å². The van der Waals surface area contributed by atoms with Crippen molar-refractivity contribution in [2.45, 2.75) is 6.04 Å². The van der Waals surface area contributed by atoms with E-state index in [2.05, 4.69) is 0 Å². The van der Waals surface area contributed by atoms with Crippen molar-refractivity contribution in [3.8, 4) is 0 Å². The molecule has 1 aromatic rings. The summed E-state index contributed by atoms with van der Waals surface area (Å²) in [5.41, 5.74) is 6.64. The molecular formula is C7H11NO2. The summed E-state index contributed by atoms with van der Waals surface area (Å²) < 4.78 is 9.71. The third kappa shape index (κ3) is 1.59.